The van der Waals surface area contributed by atoms with Crippen molar-refractivity contribution in [3.8, 4) is 0 Å². The lowest BCUT2D eigenvalue weighted by Crippen LogP contribution is -2.16. The average molecular weight is 212 g/mol. The molecule has 0 aliphatic carbocycles. The van der Waals surface area contributed by atoms with Crippen molar-refractivity contribution in [1.29, 1.82) is 0 Å². The van der Waals surface area contributed by atoms with E-state index in [9.17, 15) is 14.5 Å². The van der Waals surface area contributed by atoms with Gasteiger partial charge >= 0.3 is 0 Å². The second kappa shape index (κ2) is 4.84. The van der Waals surface area contributed by atoms with E-state index >= 15 is 0 Å². The molecule has 0 fully saturated rings. The maximum absolute atomic E-state index is 13.3. The summed E-state index contributed by atoms with van der Waals surface area (Å²) in [6, 6.07) is 3.77. The van der Waals surface area contributed by atoms with Gasteiger partial charge in [0.2, 0.25) is 0 Å². The maximum Gasteiger partial charge on any atom is 0.275 e. The van der Waals surface area contributed by atoms with E-state index in [-0.39, 0.29) is 17.3 Å². The van der Waals surface area contributed by atoms with Crippen molar-refractivity contribution < 1.29 is 9.31 Å². The number of halogens is 1. The Morgan fingerprint density at radius 1 is 1.60 bits per heavy atom. The van der Waals surface area contributed by atoms with E-state index in [1.165, 1.54) is 18.2 Å². The van der Waals surface area contributed by atoms with Gasteiger partial charge in [-0.1, -0.05) is 6.07 Å². The fourth-order valence-electron chi connectivity index (χ4n) is 1.34. The van der Waals surface area contributed by atoms with Gasteiger partial charge in [0.05, 0.1) is 10.5 Å². The molecule has 82 valence electrons. The molecule has 1 rings (SSSR count). The van der Waals surface area contributed by atoms with Crippen molar-refractivity contribution in [2.45, 2.75) is 25.8 Å². The molecule has 0 unspecified atom stereocenters. The molecule has 0 saturated carbocycles. The number of benzene rings is 1. The summed E-state index contributed by atoms with van der Waals surface area (Å²) < 4.78 is 13.3. The van der Waals surface area contributed by atoms with Crippen molar-refractivity contribution in [1.82, 2.24) is 0 Å². The Bertz CT molecular complexity index is 366. The first-order chi connectivity index (χ1) is 7.02. The van der Waals surface area contributed by atoms with Gasteiger partial charge in [-0.15, -0.1) is 0 Å². The van der Waals surface area contributed by atoms with Crippen LogP contribution in [-0.4, -0.2) is 11.0 Å². The van der Waals surface area contributed by atoms with Gasteiger partial charge in [-0.2, -0.15) is 0 Å². The van der Waals surface area contributed by atoms with Crippen LogP contribution in [0.1, 0.15) is 18.9 Å². The Balaban J connectivity index is 2.97. The third-order valence-corrected chi connectivity index (χ3v) is 2.14. The van der Waals surface area contributed by atoms with Crippen LogP contribution < -0.4 is 5.73 Å². The molecule has 1 atom stereocenters. The minimum atomic E-state index is -0.570. The van der Waals surface area contributed by atoms with Gasteiger partial charge in [0.1, 0.15) is 5.82 Å². The van der Waals surface area contributed by atoms with Crippen LogP contribution in [0.2, 0.25) is 0 Å². The predicted octanol–water partition coefficient (Wildman–Crippen LogP) is 2.01. The quantitative estimate of drug-likeness (QED) is 0.613. The largest absolute Gasteiger partial charge is 0.328 e. The summed E-state index contributed by atoms with van der Waals surface area (Å²) in [4.78, 5) is 10.1. The standard InChI is InChI=1S/C10H13FN2O2/c1-7(12)5-6-8-9(11)3-2-4-10(8)13(14)15/h2-4,7H,5-6,12H2,1H3/t7-/m0/s1. The van der Waals surface area contributed by atoms with E-state index in [1.807, 2.05) is 0 Å². The van der Waals surface area contributed by atoms with Gasteiger partial charge in [0.15, 0.2) is 0 Å². The van der Waals surface area contributed by atoms with Gasteiger partial charge in [0.25, 0.3) is 5.69 Å². The van der Waals surface area contributed by atoms with E-state index in [4.69, 9.17) is 5.73 Å². The molecule has 0 aliphatic heterocycles. The Morgan fingerprint density at radius 3 is 2.80 bits per heavy atom. The van der Waals surface area contributed by atoms with Crippen LogP contribution in [0.25, 0.3) is 0 Å². The Morgan fingerprint density at radius 2 is 2.27 bits per heavy atom. The van der Waals surface area contributed by atoms with E-state index in [0.717, 1.165) is 0 Å². The molecule has 0 spiro atoms. The molecule has 0 aromatic heterocycles. The average Bonchev–Trinajstić information content (AvgIpc) is 2.15. The van der Waals surface area contributed by atoms with E-state index in [2.05, 4.69) is 0 Å². The highest BCUT2D eigenvalue weighted by Crippen LogP contribution is 2.22. The summed E-state index contributed by atoms with van der Waals surface area (Å²) in [5, 5.41) is 10.6. The number of nitro groups is 1. The third-order valence-electron chi connectivity index (χ3n) is 2.14. The second-order valence-electron chi connectivity index (χ2n) is 3.51. The summed E-state index contributed by atoms with van der Waals surface area (Å²) in [6.07, 6.45) is 0.822. The van der Waals surface area contributed by atoms with Gasteiger partial charge in [-0.05, 0) is 25.8 Å². The highest BCUT2D eigenvalue weighted by molar-refractivity contribution is 5.40. The lowest BCUT2D eigenvalue weighted by atomic mass is 10.0. The molecule has 2 N–H and O–H groups in total. The highest BCUT2D eigenvalue weighted by Gasteiger charge is 2.17. The maximum atomic E-state index is 13.3. The SMILES string of the molecule is C[C@H](N)CCc1c(F)cccc1[N+](=O)[O-]. The molecular weight excluding hydrogens is 199 g/mol. The first-order valence-electron chi connectivity index (χ1n) is 4.69. The van der Waals surface area contributed by atoms with Crippen LogP contribution in [0.5, 0.6) is 0 Å². The highest BCUT2D eigenvalue weighted by atomic mass is 19.1. The van der Waals surface area contributed by atoms with Gasteiger partial charge in [-0.25, -0.2) is 4.39 Å². The molecule has 4 nitrogen and oxygen atoms in total. The fourth-order valence-corrected chi connectivity index (χ4v) is 1.34. The van der Waals surface area contributed by atoms with Crippen molar-refractivity contribution >= 4 is 5.69 Å². The summed E-state index contributed by atoms with van der Waals surface area (Å²) in [7, 11) is 0. The van der Waals surface area contributed by atoms with E-state index < -0.39 is 10.7 Å². The lowest BCUT2D eigenvalue weighted by Gasteiger charge is -2.06. The van der Waals surface area contributed by atoms with E-state index in [1.54, 1.807) is 6.92 Å². The Labute approximate surface area is 87.0 Å². The van der Waals surface area contributed by atoms with Crippen molar-refractivity contribution in [3.63, 3.8) is 0 Å². The number of hydrogen-bond donors (Lipinski definition) is 1. The number of nitro benzene ring substituents is 1. The minimum absolute atomic E-state index is 0.0933. The summed E-state index contributed by atoms with van der Waals surface area (Å²) in [5.41, 5.74) is 5.49. The Kier molecular flexibility index (Phi) is 3.74. The zero-order valence-electron chi connectivity index (χ0n) is 8.44. The fraction of sp³-hybridized carbons (Fsp3) is 0.400. The monoisotopic (exact) mass is 212 g/mol. The van der Waals surface area contributed by atoms with Crippen LogP contribution in [0.15, 0.2) is 18.2 Å². The number of nitrogens with two attached hydrogens (primary N) is 1. The molecule has 0 heterocycles. The van der Waals surface area contributed by atoms with Gasteiger partial charge < -0.3 is 5.73 Å². The normalized spacial score (nSPS) is 12.5. The molecule has 0 bridgehead atoms. The number of nitrogens with zero attached hydrogens (tertiary/aromatic N) is 1. The first kappa shape index (κ1) is 11.6. The Hall–Kier alpha value is -1.49. The zero-order chi connectivity index (χ0) is 11.4. The smallest absolute Gasteiger partial charge is 0.275 e. The molecule has 15 heavy (non-hydrogen) atoms. The van der Waals surface area contributed by atoms with Crippen LogP contribution >= 0.6 is 0 Å². The van der Waals surface area contributed by atoms with Crippen molar-refractivity contribution in [2.24, 2.45) is 5.73 Å². The third kappa shape index (κ3) is 2.99. The second-order valence-corrected chi connectivity index (χ2v) is 3.51. The lowest BCUT2D eigenvalue weighted by molar-refractivity contribution is -0.385. The van der Waals surface area contributed by atoms with Crippen molar-refractivity contribution in [3.05, 3.63) is 39.7 Å². The molecule has 0 radical (unpaired) electrons. The molecule has 1 aromatic carbocycles. The number of rotatable bonds is 4. The topological polar surface area (TPSA) is 69.2 Å². The predicted molar refractivity (Wildman–Crippen MR) is 55.0 cm³/mol. The van der Waals surface area contributed by atoms with E-state index in [0.29, 0.717) is 12.8 Å². The van der Waals surface area contributed by atoms with Crippen LogP contribution in [0.3, 0.4) is 0 Å². The molecule has 0 aliphatic rings. The first-order valence-corrected chi connectivity index (χ1v) is 4.69. The van der Waals surface area contributed by atoms with Gasteiger partial charge in [0, 0.05) is 12.1 Å². The summed E-state index contributed by atoms with van der Waals surface area (Å²) >= 11 is 0. The molecule has 5 heteroatoms. The van der Waals surface area contributed by atoms with Crippen LogP contribution in [0, 0.1) is 15.9 Å². The zero-order valence-corrected chi connectivity index (χ0v) is 8.44. The summed E-state index contributed by atoms with van der Waals surface area (Å²) in [5.74, 6) is -0.537. The molecule has 0 amide bonds. The molecule has 0 saturated heterocycles. The molecular formula is C10H13FN2O2. The summed E-state index contributed by atoms with van der Waals surface area (Å²) in [6.45, 7) is 1.78. The molecule has 1 aromatic rings. The van der Waals surface area contributed by atoms with Crippen molar-refractivity contribution in [2.75, 3.05) is 0 Å². The van der Waals surface area contributed by atoms with Gasteiger partial charge in [-0.3, -0.25) is 10.1 Å². The van der Waals surface area contributed by atoms with Crippen LogP contribution in [0.4, 0.5) is 10.1 Å². The van der Waals surface area contributed by atoms with Crippen LogP contribution in [-0.2, 0) is 6.42 Å². The minimum Gasteiger partial charge on any atom is -0.328 e. The number of hydrogen-bond acceptors (Lipinski definition) is 3.